The minimum atomic E-state index is 0.0290. The van der Waals surface area contributed by atoms with Crippen LogP contribution in [-0.4, -0.2) is 68.3 Å². The maximum atomic E-state index is 12.9. The van der Waals surface area contributed by atoms with Crippen molar-refractivity contribution >= 4 is 23.6 Å². The third-order valence-electron chi connectivity index (χ3n) is 6.15. The lowest BCUT2D eigenvalue weighted by atomic mass is 10.0. The summed E-state index contributed by atoms with van der Waals surface area (Å²) in [6.45, 7) is 9.06. The van der Waals surface area contributed by atoms with Gasteiger partial charge in [-0.25, -0.2) is 0 Å². The molecule has 0 radical (unpaired) electrons. The minimum absolute atomic E-state index is 0.0290. The number of aromatic nitrogens is 3. The smallest absolute Gasteiger partial charge is 0.253 e. The lowest BCUT2D eigenvalue weighted by molar-refractivity contribution is -0.129. The summed E-state index contributed by atoms with van der Waals surface area (Å²) in [6, 6.07) is 18.0. The highest BCUT2D eigenvalue weighted by Crippen LogP contribution is 2.20. The largest absolute Gasteiger partial charge is 0.338 e. The van der Waals surface area contributed by atoms with E-state index in [4.69, 9.17) is 0 Å². The Kier molecular flexibility index (Phi) is 7.67. The van der Waals surface area contributed by atoms with Gasteiger partial charge in [0.05, 0.1) is 12.3 Å². The Morgan fingerprint density at radius 3 is 2.21 bits per heavy atom. The quantitative estimate of drug-likeness (QED) is 0.484. The second-order valence-corrected chi connectivity index (χ2v) is 9.78. The molecule has 34 heavy (non-hydrogen) atoms. The number of hydrogen-bond acceptors (Lipinski definition) is 5. The summed E-state index contributed by atoms with van der Waals surface area (Å²) in [6.07, 6.45) is 0. The van der Waals surface area contributed by atoms with Crippen molar-refractivity contribution in [2.75, 3.05) is 31.9 Å². The number of carbonyl (C=O) groups is 2. The minimum Gasteiger partial charge on any atom is -0.338 e. The van der Waals surface area contributed by atoms with Gasteiger partial charge in [-0.1, -0.05) is 68.1 Å². The van der Waals surface area contributed by atoms with Gasteiger partial charge in [-0.3, -0.25) is 9.59 Å². The van der Waals surface area contributed by atoms with E-state index in [2.05, 4.69) is 36.2 Å². The predicted molar refractivity (Wildman–Crippen MR) is 134 cm³/mol. The van der Waals surface area contributed by atoms with Crippen LogP contribution >= 0.6 is 11.8 Å². The molecule has 178 valence electrons. The van der Waals surface area contributed by atoms with Crippen molar-refractivity contribution in [1.82, 2.24) is 24.6 Å². The number of piperazine rings is 1. The van der Waals surface area contributed by atoms with Crippen LogP contribution in [0.2, 0.25) is 0 Å². The molecule has 3 aromatic rings. The van der Waals surface area contributed by atoms with E-state index in [0.717, 1.165) is 11.0 Å². The molecule has 0 spiro atoms. The third kappa shape index (κ3) is 5.67. The molecular formula is C26H31N5O2S. The van der Waals surface area contributed by atoms with Gasteiger partial charge in [0.1, 0.15) is 5.82 Å². The molecule has 8 heteroatoms. The van der Waals surface area contributed by atoms with Crippen LogP contribution in [0.5, 0.6) is 0 Å². The SMILES string of the molecule is Cc1nnc(SCC(=O)N2CCN(C(=O)c3ccc(C(C)C)cc3)CC2)n1Cc1ccccc1. The molecule has 0 bridgehead atoms. The maximum Gasteiger partial charge on any atom is 0.253 e. The molecule has 2 heterocycles. The number of carbonyl (C=O) groups excluding carboxylic acids is 2. The molecule has 1 aromatic heterocycles. The zero-order chi connectivity index (χ0) is 24.1. The van der Waals surface area contributed by atoms with Gasteiger partial charge in [-0.2, -0.15) is 0 Å². The number of hydrogen-bond donors (Lipinski definition) is 0. The van der Waals surface area contributed by atoms with E-state index < -0.39 is 0 Å². The Hall–Kier alpha value is -3.13. The molecule has 0 unspecified atom stereocenters. The molecule has 1 aliphatic rings. The first-order chi connectivity index (χ1) is 16.4. The topological polar surface area (TPSA) is 71.3 Å². The molecule has 0 N–H and O–H groups in total. The van der Waals surface area contributed by atoms with Crippen LogP contribution in [0.25, 0.3) is 0 Å². The number of thioether (sulfide) groups is 1. The molecule has 2 amide bonds. The van der Waals surface area contributed by atoms with E-state index in [1.54, 1.807) is 0 Å². The Balaban J connectivity index is 1.29. The Morgan fingerprint density at radius 1 is 0.912 bits per heavy atom. The van der Waals surface area contributed by atoms with Crippen molar-refractivity contribution in [3.8, 4) is 0 Å². The van der Waals surface area contributed by atoms with Crippen LogP contribution in [0.1, 0.15) is 47.1 Å². The van der Waals surface area contributed by atoms with Crippen LogP contribution in [0.4, 0.5) is 0 Å². The van der Waals surface area contributed by atoms with E-state index in [1.807, 2.05) is 63.8 Å². The zero-order valence-electron chi connectivity index (χ0n) is 20.0. The molecule has 1 saturated heterocycles. The number of aryl methyl sites for hydroxylation is 1. The average Bonchev–Trinajstić information content (AvgIpc) is 3.21. The number of amides is 2. The van der Waals surface area contributed by atoms with Crippen molar-refractivity contribution in [1.29, 1.82) is 0 Å². The summed E-state index contributed by atoms with van der Waals surface area (Å²) in [4.78, 5) is 29.4. The summed E-state index contributed by atoms with van der Waals surface area (Å²) < 4.78 is 2.04. The molecule has 0 aliphatic carbocycles. The Morgan fingerprint density at radius 2 is 1.56 bits per heavy atom. The van der Waals surface area contributed by atoms with Gasteiger partial charge in [0.25, 0.3) is 5.91 Å². The van der Waals surface area contributed by atoms with Crippen molar-refractivity contribution in [3.05, 3.63) is 77.1 Å². The van der Waals surface area contributed by atoms with Crippen molar-refractivity contribution in [3.63, 3.8) is 0 Å². The highest BCUT2D eigenvalue weighted by Gasteiger charge is 2.25. The summed E-state index contributed by atoms with van der Waals surface area (Å²) in [5, 5.41) is 9.21. The van der Waals surface area contributed by atoms with Crippen LogP contribution in [0.15, 0.2) is 59.8 Å². The van der Waals surface area contributed by atoms with Gasteiger partial charge >= 0.3 is 0 Å². The molecule has 0 saturated carbocycles. The molecule has 1 aliphatic heterocycles. The van der Waals surface area contributed by atoms with E-state index in [-0.39, 0.29) is 11.8 Å². The van der Waals surface area contributed by atoms with Gasteiger partial charge in [0.2, 0.25) is 5.91 Å². The monoisotopic (exact) mass is 477 g/mol. The van der Waals surface area contributed by atoms with Crippen LogP contribution in [0.3, 0.4) is 0 Å². The van der Waals surface area contributed by atoms with Crippen LogP contribution in [0, 0.1) is 6.92 Å². The molecule has 7 nitrogen and oxygen atoms in total. The van der Waals surface area contributed by atoms with Crippen molar-refractivity contribution in [2.24, 2.45) is 0 Å². The fraction of sp³-hybridized carbons (Fsp3) is 0.385. The first-order valence-corrected chi connectivity index (χ1v) is 12.6. The van der Waals surface area contributed by atoms with Gasteiger partial charge in [0.15, 0.2) is 5.16 Å². The summed E-state index contributed by atoms with van der Waals surface area (Å²) in [5.74, 6) is 1.66. The summed E-state index contributed by atoms with van der Waals surface area (Å²) in [7, 11) is 0. The number of nitrogens with zero attached hydrogens (tertiary/aromatic N) is 5. The van der Waals surface area contributed by atoms with Gasteiger partial charge in [-0.05, 0) is 36.1 Å². The standard InChI is InChI=1S/C26H31N5O2S/c1-19(2)22-9-11-23(12-10-22)25(33)30-15-13-29(14-16-30)24(32)18-34-26-28-27-20(3)31(26)17-21-7-5-4-6-8-21/h4-12,19H,13-18H2,1-3H3. The molecule has 0 atom stereocenters. The molecule has 4 rings (SSSR count). The second kappa shape index (κ2) is 10.9. The zero-order valence-corrected chi connectivity index (χ0v) is 20.8. The highest BCUT2D eigenvalue weighted by molar-refractivity contribution is 7.99. The normalized spacial score (nSPS) is 14.0. The fourth-order valence-electron chi connectivity index (χ4n) is 3.99. The first kappa shape index (κ1) is 24.0. The van der Waals surface area contributed by atoms with Gasteiger partial charge in [-0.15, -0.1) is 10.2 Å². The second-order valence-electron chi connectivity index (χ2n) is 8.84. The fourth-order valence-corrected chi connectivity index (χ4v) is 4.87. The maximum absolute atomic E-state index is 12.9. The van der Waals surface area contributed by atoms with E-state index in [1.165, 1.54) is 22.9 Å². The van der Waals surface area contributed by atoms with Gasteiger partial charge < -0.3 is 14.4 Å². The van der Waals surface area contributed by atoms with E-state index in [9.17, 15) is 9.59 Å². The number of benzene rings is 2. The van der Waals surface area contributed by atoms with Crippen molar-refractivity contribution in [2.45, 2.75) is 38.4 Å². The van der Waals surface area contributed by atoms with Crippen LogP contribution in [-0.2, 0) is 11.3 Å². The third-order valence-corrected chi connectivity index (χ3v) is 7.11. The molecule has 1 fully saturated rings. The van der Waals surface area contributed by atoms with Crippen LogP contribution < -0.4 is 0 Å². The van der Waals surface area contributed by atoms with E-state index in [0.29, 0.717) is 50.0 Å². The summed E-state index contributed by atoms with van der Waals surface area (Å²) in [5.41, 5.74) is 3.09. The lowest BCUT2D eigenvalue weighted by Crippen LogP contribution is -2.51. The Bertz CT molecular complexity index is 1120. The highest BCUT2D eigenvalue weighted by atomic mass is 32.2. The Labute approximate surface area is 205 Å². The molecular weight excluding hydrogens is 446 g/mol. The predicted octanol–water partition coefficient (Wildman–Crippen LogP) is 3.83. The van der Waals surface area contributed by atoms with Crippen molar-refractivity contribution < 1.29 is 9.59 Å². The average molecular weight is 478 g/mol. The van der Waals surface area contributed by atoms with E-state index >= 15 is 0 Å². The number of rotatable bonds is 7. The lowest BCUT2D eigenvalue weighted by Gasteiger charge is -2.34. The van der Waals surface area contributed by atoms with Gasteiger partial charge in [0, 0.05) is 31.7 Å². The first-order valence-electron chi connectivity index (χ1n) is 11.7. The molecule has 2 aromatic carbocycles. The summed E-state index contributed by atoms with van der Waals surface area (Å²) >= 11 is 1.41.